The molecule has 4 heteroatoms. The first-order valence-corrected chi connectivity index (χ1v) is 11.4. The lowest BCUT2D eigenvalue weighted by Gasteiger charge is -2.23. The van der Waals surface area contributed by atoms with Gasteiger partial charge in [-0.3, -0.25) is 14.6 Å². The van der Waals surface area contributed by atoms with Gasteiger partial charge in [-0.1, -0.05) is 76.2 Å². The summed E-state index contributed by atoms with van der Waals surface area (Å²) < 4.78 is 0. The van der Waals surface area contributed by atoms with Crippen LogP contribution in [0.15, 0.2) is 48.5 Å². The third-order valence-corrected chi connectivity index (χ3v) is 5.93. The van der Waals surface area contributed by atoms with Gasteiger partial charge in [-0.15, -0.1) is 0 Å². The number of hydrogen-bond acceptors (Lipinski definition) is 3. The Morgan fingerprint density at radius 1 is 0.833 bits per heavy atom. The minimum Gasteiger partial charge on any atom is -0.324 e. The predicted molar refractivity (Wildman–Crippen MR) is 126 cm³/mol. The Hall–Kier alpha value is -2.17. The van der Waals surface area contributed by atoms with Crippen LogP contribution in [0.5, 0.6) is 0 Å². The molecule has 3 rings (SSSR count). The summed E-state index contributed by atoms with van der Waals surface area (Å²) in [6.45, 7) is 14.2. The zero-order valence-electron chi connectivity index (χ0n) is 19.0. The van der Waals surface area contributed by atoms with Crippen molar-refractivity contribution in [3.8, 4) is 0 Å². The summed E-state index contributed by atoms with van der Waals surface area (Å²) in [6, 6.07) is 17.0. The number of nitrogens with one attached hydrogen (secondary N) is 1. The Labute approximate surface area is 182 Å². The summed E-state index contributed by atoms with van der Waals surface area (Å²) in [7, 11) is 0. The van der Waals surface area contributed by atoms with E-state index in [1.54, 1.807) is 0 Å². The average Bonchev–Trinajstić information content (AvgIpc) is 2.93. The normalized spacial score (nSPS) is 16.1. The molecule has 1 N–H and O–H groups in total. The molecule has 1 saturated heterocycles. The quantitative estimate of drug-likeness (QED) is 0.695. The van der Waals surface area contributed by atoms with Crippen LogP contribution in [0.1, 0.15) is 62.6 Å². The number of hydrogen-bond donors (Lipinski definition) is 1. The predicted octanol–water partition coefficient (Wildman–Crippen LogP) is 5.08. The molecule has 0 aliphatic carbocycles. The molecule has 1 aliphatic heterocycles. The zero-order chi connectivity index (χ0) is 21.5. The third kappa shape index (κ3) is 6.16. The number of amides is 1. The highest BCUT2D eigenvalue weighted by atomic mass is 16.2. The van der Waals surface area contributed by atoms with E-state index in [2.05, 4.69) is 91.3 Å². The monoisotopic (exact) mass is 407 g/mol. The second-order valence-corrected chi connectivity index (χ2v) is 9.06. The second kappa shape index (κ2) is 10.7. The van der Waals surface area contributed by atoms with Crippen molar-refractivity contribution in [2.24, 2.45) is 0 Å². The number of anilines is 1. The Balaban J connectivity index is 1.59. The molecular weight excluding hydrogens is 370 g/mol. The first-order chi connectivity index (χ1) is 14.4. The molecule has 0 unspecified atom stereocenters. The molecule has 0 saturated carbocycles. The standard InChI is InChI=1S/C26H37N3O/c1-20(2)23-12-8-13-24(21(3)4)26(23)27-25(30)19-29-15-9-14-28(16-17-29)18-22-10-6-5-7-11-22/h5-8,10-13,20-21H,9,14-19H2,1-4H3,(H,27,30). The molecule has 0 spiro atoms. The third-order valence-electron chi connectivity index (χ3n) is 5.93. The van der Waals surface area contributed by atoms with Crippen LogP contribution in [0.2, 0.25) is 0 Å². The number of carbonyl (C=O) groups is 1. The van der Waals surface area contributed by atoms with Crippen molar-refractivity contribution >= 4 is 11.6 Å². The van der Waals surface area contributed by atoms with Crippen molar-refractivity contribution in [2.45, 2.75) is 52.5 Å². The summed E-state index contributed by atoms with van der Waals surface area (Å²) in [6.07, 6.45) is 1.10. The molecule has 0 bridgehead atoms. The molecule has 1 amide bonds. The highest BCUT2D eigenvalue weighted by molar-refractivity contribution is 5.94. The molecule has 0 atom stereocenters. The maximum Gasteiger partial charge on any atom is 0.238 e. The lowest BCUT2D eigenvalue weighted by Crippen LogP contribution is -2.36. The molecule has 1 heterocycles. The number of benzene rings is 2. The molecule has 4 nitrogen and oxygen atoms in total. The van der Waals surface area contributed by atoms with Crippen molar-refractivity contribution in [2.75, 3.05) is 38.0 Å². The Bertz CT molecular complexity index is 790. The lowest BCUT2D eigenvalue weighted by molar-refractivity contribution is -0.117. The number of para-hydroxylation sites is 1. The summed E-state index contributed by atoms with van der Waals surface area (Å²) in [5, 5.41) is 3.27. The highest BCUT2D eigenvalue weighted by Crippen LogP contribution is 2.32. The van der Waals surface area contributed by atoms with Crippen molar-refractivity contribution in [1.29, 1.82) is 0 Å². The maximum atomic E-state index is 12.9. The van der Waals surface area contributed by atoms with Crippen LogP contribution < -0.4 is 5.32 Å². The Morgan fingerprint density at radius 3 is 2.07 bits per heavy atom. The van der Waals surface area contributed by atoms with E-state index in [0.717, 1.165) is 44.8 Å². The molecule has 1 aliphatic rings. The van der Waals surface area contributed by atoms with Gasteiger partial charge in [-0.2, -0.15) is 0 Å². The van der Waals surface area contributed by atoms with E-state index in [1.165, 1.54) is 16.7 Å². The molecule has 2 aromatic carbocycles. The zero-order valence-corrected chi connectivity index (χ0v) is 19.0. The SMILES string of the molecule is CC(C)c1cccc(C(C)C)c1NC(=O)CN1CCCN(Cc2ccccc2)CC1. The highest BCUT2D eigenvalue weighted by Gasteiger charge is 2.20. The largest absolute Gasteiger partial charge is 0.324 e. The summed E-state index contributed by atoms with van der Waals surface area (Å²) in [5.74, 6) is 0.856. The molecule has 2 aromatic rings. The smallest absolute Gasteiger partial charge is 0.238 e. The van der Waals surface area contributed by atoms with Gasteiger partial charge >= 0.3 is 0 Å². The summed E-state index contributed by atoms with van der Waals surface area (Å²) in [5.41, 5.74) is 4.82. The van der Waals surface area contributed by atoms with Gasteiger partial charge in [0.2, 0.25) is 5.91 Å². The van der Waals surface area contributed by atoms with Crippen LogP contribution in [0.4, 0.5) is 5.69 Å². The van der Waals surface area contributed by atoms with Gasteiger partial charge < -0.3 is 5.32 Å². The molecule has 162 valence electrons. The van der Waals surface area contributed by atoms with Gasteiger partial charge in [0.1, 0.15) is 0 Å². The van der Waals surface area contributed by atoms with Crippen molar-refractivity contribution < 1.29 is 4.79 Å². The maximum absolute atomic E-state index is 12.9. The van der Waals surface area contributed by atoms with E-state index in [9.17, 15) is 4.79 Å². The van der Waals surface area contributed by atoms with Gasteiger partial charge in [-0.25, -0.2) is 0 Å². The van der Waals surface area contributed by atoms with Gasteiger partial charge in [0, 0.05) is 25.3 Å². The van der Waals surface area contributed by atoms with E-state index in [0.29, 0.717) is 18.4 Å². The van der Waals surface area contributed by atoms with Crippen molar-refractivity contribution in [3.05, 3.63) is 65.2 Å². The Morgan fingerprint density at radius 2 is 1.43 bits per heavy atom. The van der Waals surface area contributed by atoms with Crippen molar-refractivity contribution in [3.63, 3.8) is 0 Å². The Kier molecular flexibility index (Phi) is 8.06. The first kappa shape index (κ1) is 22.5. The molecule has 30 heavy (non-hydrogen) atoms. The van der Waals surface area contributed by atoms with Crippen LogP contribution in [0.25, 0.3) is 0 Å². The van der Waals surface area contributed by atoms with Crippen LogP contribution in [0.3, 0.4) is 0 Å². The summed E-state index contributed by atoms with van der Waals surface area (Å²) >= 11 is 0. The van der Waals surface area contributed by atoms with Crippen LogP contribution in [-0.2, 0) is 11.3 Å². The fourth-order valence-corrected chi connectivity index (χ4v) is 4.26. The van der Waals surface area contributed by atoms with E-state index in [4.69, 9.17) is 0 Å². The first-order valence-electron chi connectivity index (χ1n) is 11.4. The minimum absolute atomic E-state index is 0.0986. The minimum atomic E-state index is 0.0986. The number of carbonyl (C=O) groups excluding carboxylic acids is 1. The summed E-state index contributed by atoms with van der Waals surface area (Å²) in [4.78, 5) is 17.7. The van der Waals surface area contributed by atoms with E-state index < -0.39 is 0 Å². The van der Waals surface area contributed by atoms with Crippen LogP contribution >= 0.6 is 0 Å². The lowest BCUT2D eigenvalue weighted by atomic mass is 9.92. The van der Waals surface area contributed by atoms with Crippen LogP contribution in [-0.4, -0.2) is 48.4 Å². The fraction of sp³-hybridized carbons (Fsp3) is 0.500. The van der Waals surface area contributed by atoms with Gasteiger partial charge in [-0.05, 0) is 48.0 Å². The van der Waals surface area contributed by atoms with Gasteiger partial charge in [0.25, 0.3) is 0 Å². The molecular formula is C26H37N3O. The van der Waals surface area contributed by atoms with Crippen LogP contribution in [0, 0.1) is 0 Å². The second-order valence-electron chi connectivity index (χ2n) is 9.06. The molecule has 1 fully saturated rings. The van der Waals surface area contributed by atoms with E-state index in [1.807, 2.05) is 0 Å². The topological polar surface area (TPSA) is 35.6 Å². The van der Waals surface area contributed by atoms with Gasteiger partial charge in [0.15, 0.2) is 0 Å². The fourth-order valence-electron chi connectivity index (χ4n) is 4.26. The average molecular weight is 408 g/mol. The van der Waals surface area contributed by atoms with Crippen molar-refractivity contribution in [1.82, 2.24) is 9.80 Å². The number of rotatable bonds is 7. The van der Waals surface area contributed by atoms with E-state index >= 15 is 0 Å². The van der Waals surface area contributed by atoms with Gasteiger partial charge in [0.05, 0.1) is 6.54 Å². The molecule has 0 aromatic heterocycles. The number of nitrogens with zero attached hydrogens (tertiary/aromatic N) is 2. The van der Waals surface area contributed by atoms with E-state index in [-0.39, 0.29) is 5.91 Å². The molecule has 0 radical (unpaired) electrons.